The number of carbonyl (C=O) groups excluding carboxylic acids is 3. The number of hydrogen-bond donors (Lipinski definition) is 0. The van der Waals surface area contributed by atoms with Gasteiger partial charge in [0.1, 0.15) is 6.54 Å². The van der Waals surface area contributed by atoms with Crippen LogP contribution in [0.4, 0.5) is 4.79 Å². The Labute approximate surface area is 174 Å². The first kappa shape index (κ1) is 20.9. The summed E-state index contributed by atoms with van der Waals surface area (Å²) >= 11 is 0.844. The second-order valence-electron chi connectivity index (χ2n) is 7.34. The molecule has 1 aliphatic rings. The highest BCUT2D eigenvalue weighted by molar-refractivity contribution is 8.18. The van der Waals surface area contributed by atoms with Gasteiger partial charge in [-0.15, -0.1) is 0 Å². The third-order valence-electron chi connectivity index (χ3n) is 4.51. The van der Waals surface area contributed by atoms with E-state index in [-0.39, 0.29) is 19.1 Å². The molecular formula is C22H24N2O4S. The molecule has 0 aliphatic carbocycles. The molecule has 0 saturated carbocycles. The van der Waals surface area contributed by atoms with Gasteiger partial charge in [-0.3, -0.25) is 19.3 Å². The van der Waals surface area contributed by atoms with Crippen molar-refractivity contribution in [2.45, 2.75) is 27.7 Å². The van der Waals surface area contributed by atoms with Gasteiger partial charge in [0.15, 0.2) is 0 Å². The van der Waals surface area contributed by atoms with Gasteiger partial charge in [-0.1, -0.05) is 32.0 Å². The summed E-state index contributed by atoms with van der Waals surface area (Å²) in [6.07, 6.45) is 1.71. The summed E-state index contributed by atoms with van der Waals surface area (Å²) in [7, 11) is 0. The first-order valence-electron chi connectivity index (χ1n) is 9.43. The van der Waals surface area contributed by atoms with Crippen LogP contribution in [-0.2, 0) is 14.3 Å². The lowest BCUT2D eigenvalue weighted by Gasteiger charge is -2.12. The number of rotatable bonds is 6. The van der Waals surface area contributed by atoms with Gasteiger partial charge in [-0.25, -0.2) is 0 Å². The number of aromatic nitrogens is 1. The summed E-state index contributed by atoms with van der Waals surface area (Å²) in [4.78, 5) is 38.1. The van der Waals surface area contributed by atoms with E-state index in [0.717, 1.165) is 39.3 Å². The summed E-state index contributed by atoms with van der Waals surface area (Å²) in [6.45, 7) is 7.70. The van der Waals surface area contributed by atoms with Crippen LogP contribution in [0.15, 0.2) is 41.3 Å². The maximum absolute atomic E-state index is 12.7. The van der Waals surface area contributed by atoms with Crippen molar-refractivity contribution in [3.63, 3.8) is 0 Å². The Morgan fingerprint density at radius 1 is 1.17 bits per heavy atom. The molecule has 6 nitrogen and oxygen atoms in total. The lowest BCUT2D eigenvalue weighted by molar-refractivity contribution is -0.147. The Kier molecular flexibility index (Phi) is 6.27. The van der Waals surface area contributed by atoms with Crippen molar-refractivity contribution in [3.8, 4) is 5.69 Å². The van der Waals surface area contributed by atoms with Crippen LogP contribution in [0.1, 0.15) is 30.8 Å². The number of nitrogens with zero attached hydrogens (tertiary/aromatic N) is 2. The quantitative estimate of drug-likeness (QED) is 0.522. The molecule has 7 heteroatoms. The number of imide groups is 1. The van der Waals surface area contributed by atoms with Crippen molar-refractivity contribution >= 4 is 35.0 Å². The smallest absolute Gasteiger partial charge is 0.326 e. The van der Waals surface area contributed by atoms with Gasteiger partial charge >= 0.3 is 5.97 Å². The number of benzene rings is 1. The Hall–Kier alpha value is -2.80. The van der Waals surface area contributed by atoms with Gasteiger partial charge in [-0.05, 0) is 61.4 Å². The molecule has 0 atom stereocenters. The normalized spacial score (nSPS) is 15.6. The van der Waals surface area contributed by atoms with E-state index in [4.69, 9.17) is 4.74 Å². The Morgan fingerprint density at radius 3 is 2.52 bits per heavy atom. The number of para-hydroxylation sites is 1. The van der Waals surface area contributed by atoms with E-state index in [0.29, 0.717) is 4.91 Å². The van der Waals surface area contributed by atoms with Gasteiger partial charge in [0.25, 0.3) is 11.1 Å². The third kappa shape index (κ3) is 4.62. The second kappa shape index (κ2) is 8.69. The highest BCUT2D eigenvalue weighted by atomic mass is 32.2. The monoisotopic (exact) mass is 412 g/mol. The van der Waals surface area contributed by atoms with Crippen molar-refractivity contribution < 1.29 is 19.1 Å². The number of thioether (sulfide) groups is 1. The van der Waals surface area contributed by atoms with Crippen molar-refractivity contribution in [1.82, 2.24) is 9.47 Å². The maximum Gasteiger partial charge on any atom is 0.326 e. The molecule has 0 N–H and O–H groups in total. The predicted octanol–water partition coefficient (Wildman–Crippen LogP) is 4.33. The highest BCUT2D eigenvalue weighted by Crippen LogP contribution is 2.33. The number of amides is 2. The molecule has 1 aromatic carbocycles. The van der Waals surface area contributed by atoms with Crippen LogP contribution in [0.2, 0.25) is 0 Å². The van der Waals surface area contributed by atoms with Gasteiger partial charge in [0.2, 0.25) is 0 Å². The molecule has 1 aliphatic heterocycles. The zero-order chi connectivity index (χ0) is 21.1. The van der Waals surface area contributed by atoms with Crippen LogP contribution in [0.3, 0.4) is 0 Å². The van der Waals surface area contributed by atoms with Crippen LogP contribution in [-0.4, -0.2) is 39.7 Å². The minimum absolute atomic E-state index is 0.189. The minimum atomic E-state index is -0.579. The molecule has 2 heterocycles. The first-order valence-corrected chi connectivity index (χ1v) is 10.2. The molecule has 2 aromatic rings. The summed E-state index contributed by atoms with van der Waals surface area (Å²) < 4.78 is 7.18. The fraction of sp³-hybridized carbons (Fsp3) is 0.318. The molecule has 0 bridgehead atoms. The van der Waals surface area contributed by atoms with Gasteiger partial charge in [0.05, 0.1) is 11.5 Å². The third-order valence-corrected chi connectivity index (χ3v) is 5.42. The van der Waals surface area contributed by atoms with Crippen molar-refractivity contribution in [1.29, 1.82) is 0 Å². The molecule has 152 valence electrons. The first-order chi connectivity index (χ1) is 13.8. The summed E-state index contributed by atoms with van der Waals surface area (Å²) in [5.74, 6) is -0.857. The highest BCUT2D eigenvalue weighted by Gasteiger charge is 2.37. The number of hydrogen-bond acceptors (Lipinski definition) is 5. The summed E-state index contributed by atoms with van der Waals surface area (Å²) in [5.41, 5.74) is 3.88. The Balaban J connectivity index is 1.81. The second-order valence-corrected chi connectivity index (χ2v) is 8.34. The van der Waals surface area contributed by atoms with E-state index in [1.54, 1.807) is 6.08 Å². The lowest BCUT2D eigenvalue weighted by atomic mass is 10.2. The van der Waals surface area contributed by atoms with Crippen molar-refractivity contribution in [3.05, 3.63) is 58.3 Å². The molecule has 2 amide bonds. The predicted molar refractivity (Wildman–Crippen MR) is 114 cm³/mol. The number of carbonyl (C=O) groups is 3. The van der Waals surface area contributed by atoms with Crippen molar-refractivity contribution in [2.24, 2.45) is 5.92 Å². The molecule has 29 heavy (non-hydrogen) atoms. The van der Waals surface area contributed by atoms with Crippen LogP contribution in [0, 0.1) is 19.8 Å². The van der Waals surface area contributed by atoms with E-state index in [1.165, 1.54) is 0 Å². The number of aryl methyl sites for hydroxylation is 1. The molecular weight excluding hydrogens is 388 g/mol. The Bertz CT molecular complexity index is 976. The molecule has 1 saturated heterocycles. The molecule has 1 fully saturated rings. The molecule has 0 radical (unpaired) electrons. The Morgan fingerprint density at radius 2 is 1.86 bits per heavy atom. The zero-order valence-electron chi connectivity index (χ0n) is 17.0. The molecule has 1 aromatic heterocycles. The lowest BCUT2D eigenvalue weighted by Crippen LogP contribution is -2.34. The SMILES string of the molecule is Cc1cc(/C=C2/SC(=O)N(CC(=O)OCC(C)C)C2=O)c(C)n1-c1ccccc1. The summed E-state index contributed by atoms with van der Waals surface area (Å²) in [6, 6.07) is 11.9. The molecule has 0 spiro atoms. The van der Waals surface area contributed by atoms with E-state index in [9.17, 15) is 14.4 Å². The average molecular weight is 413 g/mol. The molecule has 3 rings (SSSR count). The standard InChI is InChI=1S/C22H24N2O4S/c1-14(2)13-28-20(25)12-23-21(26)19(29-22(23)27)11-17-10-15(3)24(16(17)4)18-8-6-5-7-9-18/h5-11,14H,12-13H2,1-4H3/b19-11+. The van der Waals surface area contributed by atoms with Crippen molar-refractivity contribution in [2.75, 3.05) is 13.2 Å². The van der Waals surface area contributed by atoms with Gasteiger partial charge in [-0.2, -0.15) is 0 Å². The van der Waals surface area contributed by atoms with Crippen LogP contribution in [0.25, 0.3) is 11.8 Å². The minimum Gasteiger partial charge on any atom is -0.464 e. The van der Waals surface area contributed by atoms with E-state index >= 15 is 0 Å². The maximum atomic E-state index is 12.7. The van der Waals surface area contributed by atoms with E-state index < -0.39 is 17.1 Å². The number of ether oxygens (including phenoxy) is 1. The van der Waals surface area contributed by atoms with Gasteiger partial charge in [0, 0.05) is 17.1 Å². The van der Waals surface area contributed by atoms with Crippen LogP contribution in [0.5, 0.6) is 0 Å². The summed E-state index contributed by atoms with van der Waals surface area (Å²) in [5, 5.41) is -0.459. The molecule has 0 unspecified atom stereocenters. The fourth-order valence-electron chi connectivity index (χ4n) is 3.12. The largest absolute Gasteiger partial charge is 0.464 e. The topological polar surface area (TPSA) is 68.6 Å². The average Bonchev–Trinajstić information content (AvgIpc) is 3.10. The van der Waals surface area contributed by atoms with Gasteiger partial charge < -0.3 is 9.30 Å². The number of esters is 1. The zero-order valence-corrected chi connectivity index (χ0v) is 17.8. The van der Waals surface area contributed by atoms with Crippen LogP contribution < -0.4 is 0 Å². The van der Waals surface area contributed by atoms with E-state index in [1.807, 2.05) is 64.1 Å². The van der Waals surface area contributed by atoms with E-state index in [2.05, 4.69) is 4.57 Å². The fourth-order valence-corrected chi connectivity index (χ4v) is 3.95. The van der Waals surface area contributed by atoms with Crippen LogP contribution >= 0.6 is 11.8 Å².